The zero-order chi connectivity index (χ0) is 13.7. The summed E-state index contributed by atoms with van der Waals surface area (Å²) in [5.41, 5.74) is 1.35. The molecule has 1 aliphatic carbocycles. The van der Waals surface area contributed by atoms with E-state index in [9.17, 15) is 0 Å². The van der Waals surface area contributed by atoms with E-state index in [1.165, 1.54) is 31.4 Å². The lowest BCUT2D eigenvalue weighted by atomic mass is 9.78. The van der Waals surface area contributed by atoms with Crippen LogP contribution < -0.4 is 5.32 Å². The number of aromatic nitrogens is 1. The molecule has 2 rings (SSSR count). The number of rotatable bonds is 5. The first-order chi connectivity index (χ1) is 9.19. The molecule has 1 aliphatic rings. The third kappa shape index (κ3) is 4.29. The van der Waals surface area contributed by atoms with Gasteiger partial charge in [0.05, 0.1) is 0 Å². The molecule has 106 valence electrons. The molecule has 0 aliphatic heterocycles. The fourth-order valence-corrected chi connectivity index (χ4v) is 3.35. The van der Waals surface area contributed by atoms with Crippen LogP contribution in [0.15, 0.2) is 24.5 Å². The average Bonchev–Trinajstić information content (AvgIpc) is 2.40. The van der Waals surface area contributed by atoms with Gasteiger partial charge >= 0.3 is 0 Å². The largest absolute Gasteiger partial charge is 0.317 e. The Labute approximate surface area is 117 Å². The Kier molecular flexibility index (Phi) is 5.34. The summed E-state index contributed by atoms with van der Waals surface area (Å²) in [6, 6.07) is 4.90. The van der Waals surface area contributed by atoms with Gasteiger partial charge in [-0.15, -0.1) is 0 Å². The number of pyridine rings is 1. The molecule has 1 N–H and O–H groups in total. The van der Waals surface area contributed by atoms with E-state index in [1.54, 1.807) is 0 Å². The Bertz CT molecular complexity index is 366. The predicted molar refractivity (Wildman–Crippen MR) is 79.9 cm³/mol. The Morgan fingerprint density at radius 3 is 2.74 bits per heavy atom. The topological polar surface area (TPSA) is 28.2 Å². The quantitative estimate of drug-likeness (QED) is 0.883. The summed E-state index contributed by atoms with van der Waals surface area (Å²) >= 11 is 0. The van der Waals surface area contributed by atoms with Gasteiger partial charge in [0.25, 0.3) is 0 Å². The molecule has 0 bridgehead atoms. The summed E-state index contributed by atoms with van der Waals surface area (Å²) in [5, 5.41) is 3.51. The highest BCUT2D eigenvalue weighted by Crippen LogP contribution is 2.29. The first kappa shape index (κ1) is 14.5. The van der Waals surface area contributed by atoms with Crippen molar-refractivity contribution in [1.29, 1.82) is 0 Å². The molecule has 0 aromatic carbocycles. The second-order valence-corrected chi connectivity index (χ2v) is 6.13. The third-order valence-electron chi connectivity index (χ3n) is 4.36. The molecule has 1 saturated carbocycles. The van der Waals surface area contributed by atoms with Crippen LogP contribution in [0.5, 0.6) is 0 Å². The van der Waals surface area contributed by atoms with Crippen LogP contribution in [0, 0.1) is 11.8 Å². The van der Waals surface area contributed by atoms with Gasteiger partial charge in [-0.3, -0.25) is 4.98 Å². The van der Waals surface area contributed by atoms with Crippen LogP contribution >= 0.6 is 0 Å². The predicted octanol–water partition coefficient (Wildman–Crippen LogP) is 2.54. The zero-order valence-corrected chi connectivity index (χ0v) is 12.5. The number of nitrogens with one attached hydrogen (secondary N) is 1. The maximum atomic E-state index is 4.08. The molecule has 0 amide bonds. The van der Waals surface area contributed by atoms with Crippen molar-refractivity contribution in [3.8, 4) is 0 Å². The molecule has 1 fully saturated rings. The molecule has 19 heavy (non-hydrogen) atoms. The lowest BCUT2D eigenvalue weighted by Gasteiger charge is -2.37. The van der Waals surface area contributed by atoms with Crippen molar-refractivity contribution in [1.82, 2.24) is 15.2 Å². The van der Waals surface area contributed by atoms with Gasteiger partial charge in [-0.05, 0) is 62.9 Å². The Morgan fingerprint density at radius 2 is 2.05 bits per heavy atom. The van der Waals surface area contributed by atoms with Crippen molar-refractivity contribution in [2.24, 2.45) is 11.8 Å². The molecule has 3 heteroatoms. The van der Waals surface area contributed by atoms with Crippen molar-refractivity contribution < 1.29 is 0 Å². The number of hydrogen-bond donors (Lipinski definition) is 1. The molecule has 3 atom stereocenters. The van der Waals surface area contributed by atoms with Gasteiger partial charge in [0.2, 0.25) is 0 Å². The van der Waals surface area contributed by atoms with Gasteiger partial charge < -0.3 is 10.2 Å². The first-order valence-corrected chi connectivity index (χ1v) is 7.43. The summed E-state index contributed by atoms with van der Waals surface area (Å²) in [6.07, 6.45) is 7.80. The summed E-state index contributed by atoms with van der Waals surface area (Å²) in [6.45, 7) is 4.59. The minimum absolute atomic E-state index is 0.691. The number of hydrogen-bond acceptors (Lipinski definition) is 3. The molecule has 0 saturated heterocycles. The molecule has 1 aromatic rings. The molecule has 0 radical (unpaired) electrons. The minimum Gasteiger partial charge on any atom is -0.317 e. The lowest BCUT2D eigenvalue weighted by Crippen LogP contribution is -2.43. The summed E-state index contributed by atoms with van der Waals surface area (Å²) in [4.78, 5) is 6.52. The van der Waals surface area contributed by atoms with E-state index in [0.29, 0.717) is 6.04 Å². The third-order valence-corrected chi connectivity index (χ3v) is 4.36. The fraction of sp³-hybridized carbons (Fsp3) is 0.688. The molecule has 0 spiro atoms. The van der Waals surface area contributed by atoms with Crippen LogP contribution in [0.3, 0.4) is 0 Å². The van der Waals surface area contributed by atoms with E-state index in [2.05, 4.69) is 48.4 Å². The van der Waals surface area contributed by atoms with Crippen molar-refractivity contribution in [3.63, 3.8) is 0 Å². The second-order valence-electron chi connectivity index (χ2n) is 6.13. The van der Waals surface area contributed by atoms with Gasteiger partial charge in [-0.2, -0.15) is 0 Å². The summed E-state index contributed by atoms with van der Waals surface area (Å²) < 4.78 is 0. The van der Waals surface area contributed by atoms with Crippen molar-refractivity contribution >= 4 is 0 Å². The average molecular weight is 261 g/mol. The maximum Gasteiger partial charge on any atom is 0.0271 e. The van der Waals surface area contributed by atoms with Gasteiger partial charge in [-0.25, -0.2) is 0 Å². The van der Waals surface area contributed by atoms with Crippen molar-refractivity contribution in [2.45, 2.75) is 38.8 Å². The molecular formula is C16H27N3. The van der Waals surface area contributed by atoms with Crippen molar-refractivity contribution in [3.05, 3.63) is 30.1 Å². The molecular weight excluding hydrogens is 234 g/mol. The van der Waals surface area contributed by atoms with Gasteiger partial charge in [0.15, 0.2) is 0 Å². The first-order valence-electron chi connectivity index (χ1n) is 7.43. The Morgan fingerprint density at radius 1 is 1.32 bits per heavy atom. The van der Waals surface area contributed by atoms with Crippen molar-refractivity contribution in [2.75, 3.05) is 20.6 Å². The van der Waals surface area contributed by atoms with Crippen LogP contribution in [-0.2, 0) is 6.54 Å². The zero-order valence-electron chi connectivity index (χ0n) is 12.5. The van der Waals surface area contributed by atoms with Crippen LogP contribution in [0.2, 0.25) is 0 Å². The molecule has 3 nitrogen and oxygen atoms in total. The monoisotopic (exact) mass is 261 g/mol. The summed E-state index contributed by atoms with van der Waals surface area (Å²) in [5.74, 6) is 1.66. The van der Waals surface area contributed by atoms with Gasteiger partial charge in [-0.1, -0.05) is 6.92 Å². The van der Waals surface area contributed by atoms with Crippen LogP contribution in [0.25, 0.3) is 0 Å². The van der Waals surface area contributed by atoms with E-state index >= 15 is 0 Å². The minimum atomic E-state index is 0.691. The smallest absolute Gasteiger partial charge is 0.0271 e. The van der Waals surface area contributed by atoms with E-state index in [1.807, 2.05) is 12.4 Å². The van der Waals surface area contributed by atoms with E-state index < -0.39 is 0 Å². The fourth-order valence-electron chi connectivity index (χ4n) is 3.35. The summed E-state index contributed by atoms with van der Waals surface area (Å²) in [7, 11) is 4.34. The molecule has 1 aromatic heterocycles. The lowest BCUT2D eigenvalue weighted by molar-refractivity contribution is 0.162. The van der Waals surface area contributed by atoms with Gasteiger partial charge in [0.1, 0.15) is 0 Å². The van der Waals surface area contributed by atoms with Crippen LogP contribution in [-0.4, -0.2) is 36.6 Å². The number of nitrogens with zero attached hydrogens (tertiary/aromatic N) is 2. The van der Waals surface area contributed by atoms with Crippen LogP contribution in [0.4, 0.5) is 0 Å². The molecule has 1 heterocycles. The van der Waals surface area contributed by atoms with Crippen LogP contribution in [0.1, 0.15) is 31.7 Å². The van der Waals surface area contributed by atoms with E-state index in [-0.39, 0.29) is 0 Å². The SMILES string of the molecule is CNC1CCC(C)CC1CN(C)Cc1ccncc1. The van der Waals surface area contributed by atoms with Gasteiger partial charge in [0, 0.05) is 31.5 Å². The normalized spacial score (nSPS) is 27.7. The maximum absolute atomic E-state index is 4.08. The second kappa shape index (κ2) is 7.01. The highest BCUT2D eigenvalue weighted by Gasteiger charge is 2.28. The molecule has 3 unspecified atom stereocenters. The van der Waals surface area contributed by atoms with E-state index in [4.69, 9.17) is 0 Å². The Balaban J connectivity index is 1.88. The highest BCUT2D eigenvalue weighted by atomic mass is 15.1. The Hall–Kier alpha value is -0.930. The van der Waals surface area contributed by atoms with E-state index in [0.717, 1.165) is 18.4 Å². The highest BCUT2D eigenvalue weighted by molar-refractivity contribution is 5.09. The standard InChI is InChI=1S/C16H27N3/c1-13-4-5-16(17-2)15(10-13)12-19(3)11-14-6-8-18-9-7-14/h6-9,13,15-17H,4-5,10-12H2,1-3H3.